The number of pyridine rings is 1. The summed E-state index contributed by atoms with van der Waals surface area (Å²) in [6, 6.07) is 3.89. The van der Waals surface area contributed by atoms with E-state index in [0.717, 1.165) is 27.5 Å². The molecule has 0 aliphatic carbocycles. The topological polar surface area (TPSA) is 33.1 Å². The summed E-state index contributed by atoms with van der Waals surface area (Å²) in [5.74, 6) is 0.202. The molecule has 0 fully saturated rings. The van der Waals surface area contributed by atoms with E-state index >= 15 is 0 Å². The molecular formula is C12H11Br2NO. The van der Waals surface area contributed by atoms with E-state index in [-0.39, 0.29) is 5.75 Å². The van der Waals surface area contributed by atoms with Gasteiger partial charge < -0.3 is 5.11 Å². The van der Waals surface area contributed by atoms with Gasteiger partial charge in [-0.05, 0) is 47.0 Å². The number of fused-ring (bicyclic) bond motifs is 1. The summed E-state index contributed by atoms with van der Waals surface area (Å²) in [5, 5.41) is 10.9. The van der Waals surface area contributed by atoms with Crippen molar-refractivity contribution in [3.63, 3.8) is 0 Å². The third kappa shape index (κ3) is 1.84. The van der Waals surface area contributed by atoms with Crippen LogP contribution in [-0.2, 0) is 6.42 Å². The quantitative estimate of drug-likeness (QED) is 0.834. The minimum Gasteiger partial charge on any atom is -0.505 e. The maximum Gasteiger partial charge on any atom is 0.156 e. The Morgan fingerprint density at radius 3 is 2.56 bits per heavy atom. The van der Waals surface area contributed by atoms with Crippen LogP contribution in [0, 0.1) is 6.92 Å². The van der Waals surface area contributed by atoms with Crippen LogP contribution in [0.15, 0.2) is 21.1 Å². The second-order valence-electron chi connectivity index (χ2n) is 3.69. The van der Waals surface area contributed by atoms with Gasteiger partial charge in [0.05, 0.1) is 4.47 Å². The molecular weight excluding hydrogens is 334 g/mol. The molecule has 1 aromatic carbocycles. The second-order valence-corrected chi connectivity index (χ2v) is 5.40. The fourth-order valence-electron chi connectivity index (χ4n) is 1.74. The van der Waals surface area contributed by atoms with Crippen molar-refractivity contribution in [3.8, 4) is 5.75 Å². The van der Waals surface area contributed by atoms with Gasteiger partial charge in [0.2, 0.25) is 0 Å². The Labute approximate surface area is 111 Å². The van der Waals surface area contributed by atoms with E-state index in [9.17, 15) is 5.11 Å². The number of hydrogen-bond acceptors (Lipinski definition) is 2. The lowest BCUT2D eigenvalue weighted by Crippen LogP contribution is -1.94. The van der Waals surface area contributed by atoms with Gasteiger partial charge in [-0.1, -0.05) is 22.9 Å². The SMILES string of the molecule is CCc1nc2c(O)c(Br)cc(Br)c2cc1C. The molecule has 0 aliphatic rings. The van der Waals surface area contributed by atoms with Crippen LogP contribution in [-0.4, -0.2) is 10.1 Å². The highest BCUT2D eigenvalue weighted by Crippen LogP contribution is 2.37. The predicted octanol–water partition coefficient (Wildman–Crippen LogP) is 4.34. The lowest BCUT2D eigenvalue weighted by molar-refractivity contribution is 0.477. The van der Waals surface area contributed by atoms with Crippen molar-refractivity contribution in [2.45, 2.75) is 20.3 Å². The van der Waals surface area contributed by atoms with E-state index in [2.05, 4.69) is 49.8 Å². The molecule has 0 unspecified atom stereocenters. The fraction of sp³-hybridized carbons (Fsp3) is 0.250. The van der Waals surface area contributed by atoms with E-state index < -0.39 is 0 Å². The molecule has 0 saturated heterocycles. The van der Waals surface area contributed by atoms with Crippen molar-refractivity contribution in [2.75, 3.05) is 0 Å². The number of benzene rings is 1. The highest BCUT2D eigenvalue weighted by atomic mass is 79.9. The molecule has 0 bridgehead atoms. The summed E-state index contributed by atoms with van der Waals surface area (Å²) >= 11 is 6.79. The van der Waals surface area contributed by atoms with Crippen LogP contribution in [0.4, 0.5) is 0 Å². The van der Waals surface area contributed by atoms with Gasteiger partial charge in [0.25, 0.3) is 0 Å². The molecule has 4 heteroatoms. The highest BCUT2D eigenvalue weighted by molar-refractivity contribution is 9.11. The van der Waals surface area contributed by atoms with Crippen LogP contribution >= 0.6 is 31.9 Å². The van der Waals surface area contributed by atoms with E-state index in [1.165, 1.54) is 0 Å². The Balaban J connectivity index is 2.90. The van der Waals surface area contributed by atoms with Gasteiger partial charge in [-0.15, -0.1) is 0 Å². The Kier molecular flexibility index (Phi) is 3.22. The lowest BCUT2D eigenvalue weighted by Gasteiger charge is -2.09. The van der Waals surface area contributed by atoms with E-state index in [1.54, 1.807) is 0 Å². The van der Waals surface area contributed by atoms with Crippen LogP contribution in [0.25, 0.3) is 10.9 Å². The monoisotopic (exact) mass is 343 g/mol. The van der Waals surface area contributed by atoms with E-state index in [1.807, 2.05) is 13.0 Å². The first-order valence-electron chi connectivity index (χ1n) is 5.01. The number of halogens is 2. The fourth-order valence-corrected chi connectivity index (χ4v) is 3.00. The van der Waals surface area contributed by atoms with Gasteiger partial charge >= 0.3 is 0 Å². The first-order chi connectivity index (χ1) is 7.54. The van der Waals surface area contributed by atoms with Crippen LogP contribution < -0.4 is 0 Å². The Bertz CT molecular complexity index is 567. The Morgan fingerprint density at radius 2 is 1.94 bits per heavy atom. The third-order valence-electron chi connectivity index (χ3n) is 2.61. The number of aryl methyl sites for hydroxylation is 2. The van der Waals surface area contributed by atoms with Crippen molar-refractivity contribution >= 4 is 42.8 Å². The van der Waals surface area contributed by atoms with Gasteiger partial charge in [0.1, 0.15) is 5.52 Å². The number of nitrogens with zero attached hydrogens (tertiary/aromatic N) is 1. The molecule has 16 heavy (non-hydrogen) atoms. The van der Waals surface area contributed by atoms with Crippen LogP contribution in [0.3, 0.4) is 0 Å². The summed E-state index contributed by atoms with van der Waals surface area (Å²) in [4.78, 5) is 4.50. The van der Waals surface area contributed by atoms with Gasteiger partial charge in [-0.2, -0.15) is 0 Å². The number of aromatic nitrogens is 1. The molecule has 0 radical (unpaired) electrons. The average Bonchev–Trinajstić information content (AvgIpc) is 2.25. The molecule has 0 amide bonds. The Hall–Kier alpha value is -0.610. The largest absolute Gasteiger partial charge is 0.505 e. The zero-order valence-corrected chi connectivity index (χ0v) is 12.2. The van der Waals surface area contributed by atoms with Crippen molar-refractivity contribution in [2.24, 2.45) is 0 Å². The highest BCUT2D eigenvalue weighted by Gasteiger charge is 2.11. The number of rotatable bonds is 1. The Morgan fingerprint density at radius 1 is 1.25 bits per heavy atom. The van der Waals surface area contributed by atoms with Gasteiger partial charge in [0.15, 0.2) is 5.75 Å². The zero-order chi connectivity index (χ0) is 11.9. The van der Waals surface area contributed by atoms with Crippen molar-refractivity contribution in [1.82, 2.24) is 4.98 Å². The number of phenols is 1. The van der Waals surface area contributed by atoms with Crippen molar-refractivity contribution < 1.29 is 5.11 Å². The minimum absolute atomic E-state index is 0.202. The summed E-state index contributed by atoms with van der Waals surface area (Å²) in [6.07, 6.45) is 0.866. The molecule has 0 saturated carbocycles. The maximum absolute atomic E-state index is 9.96. The molecule has 0 aliphatic heterocycles. The average molecular weight is 345 g/mol. The van der Waals surface area contributed by atoms with Crippen LogP contribution in [0.1, 0.15) is 18.2 Å². The van der Waals surface area contributed by atoms with E-state index in [0.29, 0.717) is 9.99 Å². The zero-order valence-electron chi connectivity index (χ0n) is 9.01. The molecule has 1 N–H and O–H groups in total. The number of aromatic hydroxyl groups is 1. The number of phenolic OH excluding ortho intramolecular Hbond substituents is 1. The van der Waals surface area contributed by atoms with Crippen molar-refractivity contribution in [1.29, 1.82) is 0 Å². The smallest absolute Gasteiger partial charge is 0.156 e. The molecule has 1 aromatic heterocycles. The second kappa shape index (κ2) is 4.34. The number of hydrogen-bond donors (Lipinski definition) is 1. The van der Waals surface area contributed by atoms with Crippen LogP contribution in [0.5, 0.6) is 5.75 Å². The standard InChI is InChI=1S/C12H11Br2NO/c1-3-10-6(2)4-7-8(13)5-9(14)12(16)11(7)15-10/h4-5,16H,3H2,1-2H3. The molecule has 1 heterocycles. The van der Waals surface area contributed by atoms with E-state index in [4.69, 9.17) is 0 Å². The molecule has 84 valence electrons. The molecule has 2 nitrogen and oxygen atoms in total. The molecule has 2 aromatic rings. The molecule has 0 atom stereocenters. The lowest BCUT2D eigenvalue weighted by atomic mass is 10.1. The van der Waals surface area contributed by atoms with Crippen molar-refractivity contribution in [3.05, 3.63) is 32.3 Å². The molecule has 2 rings (SSSR count). The van der Waals surface area contributed by atoms with Crippen LogP contribution in [0.2, 0.25) is 0 Å². The van der Waals surface area contributed by atoms with Gasteiger partial charge in [-0.3, -0.25) is 0 Å². The summed E-state index contributed by atoms with van der Waals surface area (Å²) in [6.45, 7) is 4.10. The molecule has 0 spiro atoms. The first kappa shape index (κ1) is 11.9. The predicted molar refractivity (Wildman–Crippen MR) is 72.9 cm³/mol. The minimum atomic E-state index is 0.202. The first-order valence-corrected chi connectivity index (χ1v) is 6.60. The maximum atomic E-state index is 9.96. The summed E-state index contributed by atoms with van der Waals surface area (Å²) in [7, 11) is 0. The third-order valence-corrected chi connectivity index (χ3v) is 3.87. The van der Waals surface area contributed by atoms with Gasteiger partial charge in [-0.25, -0.2) is 4.98 Å². The summed E-state index contributed by atoms with van der Waals surface area (Å²) in [5.41, 5.74) is 2.81. The normalized spacial score (nSPS) is 11.0. The van der Waals surface area contributed by atoms with Gasteiger partial charge in [0, 0.05) is 15.6 Å². The summed E-state index contributed by atoms with van der Waals surface area (Å²) < 4.78 is 1.59.